The summed E-state index contributed by atoms with van der Waals surface area (Å²) in [5.41, 5.74) is 0.0554. The summed E-state index contributed by atoms with van der Waals surface area (Å²) in [4.78, 5) is 25.2. The number of nitrogens with one attached hydrogen (secondary N) is 2. The molecule has 26 heavy (non-hydrogen) atoms. The Morgan fingerprint density at radius 2 is 1.77 bits per heavy atom. The molecule has 0 amide bonds. The zero-order chi connectivity index (χ0) is 18.5. The lowest BCUT2D eigenvalue weighted by Crippen LogP contribution is -2.50. The van der Waals surface area contributed by atoms with Crippen LogP contribution in [0.3, 0.4) is 0 Å². The third-order valence-electron chi connectivity index (χ3n) is 7.57. The Kier molecular flexibility index (Phi) is 4.55. The summed E-state index contributed by atoms with van der Waals surface area (Å²) >= 11 is 0. The third-order valence-corrected chi connectivity index (χ3v) is 7.57. The molecule has 0 aromatic heterocycles. The van der Waals surface area contributed by atoms with Crippen molar-refractivity contribution in [2.75, 3.05) is 19.6 Å². The highest BCUT2D eigenvalue weighted by Gasteiger charge is 2.60. The average molecular weight is 364 g/mol. The predicted molar refractivity (Wildman–Crippen MR) is 96.4 cm³/mol. The molecule has 3 saturated heterocycles. The van der Waals surface area contributed by atoms with Crippen LogP contribution in [0.5, 0.6) is 0 Å². The number of ether oxygens (including phenoxy) is 2. The summed E-state index contributed by atoms with van der Waals surface area (Å²) in [5, 5.41) is 6.71. The maximum Gasteiger partial charge on any atom is 0.311 e. The van der Waals surface area contributed by atoms with E-state index in [1.807, 2.05) is 0 Å². The van der Waals surface area contributed by atoms with Gasteiger partial charge in [-0.05, 0) is 36.5 Å². The minimum Gasteiger partial charge on any atom is -0.462 e. The van der Waals surface area contributed by atoms with Crippen LogP contribution in [0.25, 0.3) is 0 Å². The minimum absolute atomic E-state index is 0.000995. The van der Waals surface area contributed by atoms with Gasteiger partial charge in [-0.15, -0.1) is 0 Å². The van der Waals surface area contributed by atoms with Crippen molar-refractivity contribution in [3.8, 4) is 0 Å². The highest BCUT2D eigenvalue weighted by atomic mass is 16.6. The number of carbonyl (C=O) groups excluding carboxylic acids is 2. The fourth-order valence-electron chi connectivity index (χ4n) is 5.47. The summed E-state index contributed by atoms with van der Waals surface area (Å²) in [6.07, 6.45) is 4.03. The molecule has 0 radical (unpaired) electrons. The molecule has 6 heteroatoms. The van der Waals surface area contributed by atoms with Crippen LogP contribution in [0.4, 0.5) is 0 Å². The molecule has 2 bridgehead atoms. The molecule has 2 saturated carbocycles. The second-order valence-corrected chi connectivity index (χ2v) is 9.45. The predicted octanol–water partition coefficient (Wildman–Crippen LogP) is 1.63. The summed E-state index contributed by atoms with van der Waals surface area (Å²) in [7, 11) is 0. The standard InChI is InChI=1S/C20H32N2O4/c1-4-19(2)10-21-9-14(19)17(23)25-12-5-6-13(7-12)26-18(24)16-15-8-20(16,3)11-22-15/h12-16,21-22H,4-11H2,1-3H3/t12-,13-,14+,15-,16+,19-,20-/m1/s1. The Balaban J connectivity index is 1.26. The summed E-state index contributed by atoms with van der Waals surface area (Å²) < 4.78 is 11.6. The highest BCUT2D eigenvalue weighted by Crippen LogP contribution is 2.52. The van der Waals surface area contributed by atoms with Gasteiger partial charge in [-0.25, -0.2) is 0 Å². The minimum atomic E-state index is -0.117. The first kappa shape index (κ1) is 18.2. The molecule has 5 rings (SSSR count). The van der Waals surface area contributed by atoms with Gasteiger partial charge in [0.15, 0.2) is 0 Å². The van der Waals surface area contributed by atoms with Gasteiger partial charge in [0, 0.05) is 32.1 Å². The van der Waals surface area contributed by atoms with Crippen molar-refractivity contribution in [3.05, 3.63) is 0 Å². The first-order valence-electron chi connectivity index (χ1n) is 10.2. The van der Waals surface area contributed by atoms with Gasteiger partial charge in [-0.3, -0.25) is 9.59 Å². The van der Waals surface area contributed by atoms with E-state index in [-0.39, 0.29) is 46.8 Å². The number of carbonyl (C=O) groups is 2. The van der Waals surface area contributed by atoms with Crippen LogP contribution in [-0.4, -0.2) is 49.8 Å². The van der Waals surface area contributed by atoms with Crippen molar-refractivity contribution in [2.24, 2.45) is 22.7 Å². The molecule has 5 fully saturated rings. The van der Waals surface area contributed by atoms with Crippen molar-refractivity contribution in [2.45, 2.75) is 71.1 Å². The fraction of sp³-hybridized carbons (Fsp3) is 0.900. The Morgan fingerprint density at radius 3 is 2.35 bits per heavy atom. The molecule has 0 aromatic rings. The van der Waals surface area contributed by atoms with Gasteiger partial charge in [0.1, 0.15) is 12.2 Å². The van der Waals surface area contributed by atoms with E-state index in [2.05, 4.69) is 31.4 Å². The lowest BCUT2D eigenvalue weighted by Gasteiger charge is -2.41. The average Bonchev–Trinajstić information content (AvgIpc) is 3.32. The molecule has 3 aliphatic heterocycles. The van der Waals surface area contributed by atoms with Crippen molar-refractivity contribution in [3.63, 3.8) is 0 Å². The molecule has 0 aromatic carbocycles. The topological polar surface area (TPSA) is 76.7 Å². The van der Waals surface area contributed by atoms with Crippen molar-refractivity contribution < 1.29 is 19.1 Å². The van der Waals surface area contributed by atoms with E-state index in [0.717, 1.165) is 38.8 Å². The van der Waals surface area contributed by atoms with E-state index >= 15 is 0 Å². The first-order chi connectivity index (χ1) is 12.3. The smallest absolute Gasteiger partial charge is 0.311 e. The van der Waals surface area contributed by atoms with E-state index in [0.29, 0.717) is 19.0 Å². The second-order valence-electron chi connectivity index (χ2n) is 9.45. The molecule has 5 aliphatic rings. The number of fused-ring (bicyclic) bond motifs is 1. The molecule has 7 atom stereocenters. The molecule has 3 heterocycles. The van der Waals surface area contributed by atoms with E-state index in [1.165, 1.54) is 0 Å². The largest absolute Gasteiger partial charge is 0.462 e. The van der Waals surface area contributed by atoms with Crippen LogP contribution in [0.1, 0.15) is 52.9 Å². The number of hydrogen-bond donors (Lipinski definition) is 2. The van der Waals surface area contributed by atoms with Crippen molar-refractivity contribution in [1.29, 1.82) is 0 Å². The third kappa shape index (κ3) is 2.95. The van der Waals surface area contributed by atoms with Crippen molar-refractivity contribution >= 4 is 11.9 Å². The van der Waals surface area contributed by atoms with Crippen LogP contribution in [0, 0.1) is 22.7 Å². The molecule has 146 valence electrons. The van der Waals surface area contributed by atoms with Crippen LogP contribution < -0.4 is 10.6 Å². The van der Waals surface area contributed by atoms with Gasteiger partial charge in [0.25, 0.3) is 0 Å². The summed E-state index contributed by atoms with van der Waals surface area (Å²) in [6.45, 7) is 8.91. The van der Waals surface area contributed by atoms with Gasteiger partial charge >= 0.3 is 11.9 Å². The normalized spacial score (nSPS) is 46.8. The Morgan fingerprint density at radius 1 is 1.08 bits per heavy atom. The lowest BCUT2D eigenvalue weighted by atomic mass is 9.62. The first-order valence-corrected chi connectivity index (χ1v) is 10.2. The van der Waals surface area contributed by atoms with Crippen LogP contribution in [-0.2, 0) is 19.1 Å². The molecule has 0 spiro atoms. The van der Waals surface area contributed by atoms with Gasteiger partial charge in [-0.1, -0.05) is 20.8 Å². The maximum atomic E-state index is 12.6. The van der Waals surface area contributed by atoms with E-state index in [4.69, 9.17) is 9.47 Å². The second kappa shape index (κ2) is 6.48. The summed E-state index contributed by atoms with van der Waals surface area (Å²) in [5.74, 6) is -0.237. The van der Waals surface area contributed by atoms with Gasteiger partial charge in [0.05, 0.1) is 11.8 Å². The number of hydrogen-bond acceptors (Lipinski definition) is 6. The van der Waals surface area contributed by atoms with Gasteiger partial charge < -0.3 is 20.1 Å². The Bertz CT molecular complexity index is 592. The molecular weight excluding hydrogens is 332 g/mol. The lowest BCUT2D eigenvalue weighted by molar-refractivity contribution is -0.164. The monoisotopic (exact) mass is 364 g/mol. The quantitative estimate of drug-likeness (QED) is 0.722. The Labute approximate surface area is 155 Å². The molecule has 2 aliphatic carbocycles. The zero-order valence-corrected chi connectivity index (χ0v) is 16.2. The van der Waals surface area contributed by atoms with Crippen LogP contribution >= 0.6 is 0 Å². The van der Waals surface area contributed by atoms with Crippen LogP contribution in [0.15, 0.2) is 0 Å². The fourth-order valence-corrected chi connectivity index (χ4v) is 5.47. The molecule has 6 nitrogen and oxygen atoms in total. The van der Waals surface area contributed by atoms with Crippen molar-refractivity contribution in [1.82, 2.24) is 10.6 Å². The number of rotatable bonds is 5. The van der Waals surface area contributed by atoms with E-state index < -0.39 is 0 Å². The van der Waals surface area contributed by atoms with E-state index in [9.17, 15) is 9.59 Å². The molecular formula is C20H32N2O4. The zero-order valence-electron chi connectivity index (χ0n) is 16.2. The summed E-state index contributed by atoms with van der Waals surface area (Å²) in [6, 6.07) is 0.295. The highest BCUT2D eigenvalue weighted by molar-refractivity contribution is 5.77. The number of esters is 2. The SMILES string of the molecule is CC[C@]1(C)CNC[C@H]1C(=O)O[C@@H]1CC[C@@H](OC(=O)[C@@H]2[C@H]3C[C@]2(C)CN3)C1. The van der Waals surface area contributed by atoms with Gasteiger partial charge in [-0.2, -0.15) is 0 Å². The molecule has 2 N–H and O–H groups in total. The maximum absolute atomic E-state index is 12.6. The Hall–Kier alpha value is -1.14. The van der Waals surface area contributed by atoms with Gasteiger partial charge in [0.2, 0.25) is 0 Å². The molecule has 0 unspecified atom stereocenters. The van der Waals surface area contributed by atoms with E-state index in [1.54, 1.807) is 0 Å². The van der Waals surface area contributed by atoms with Crippen LogP contribution in [0.2, 0.25) is 0 Å².